The molecule has 0 amide bonds. The van der Waals surface area contributed by atoms with Crippen molar-refractivity contribution in [3.8, 4) is 0 Å². The van der Waals surface area contributed by atoms with Crippen molar-refractivity contribution in [3.05, 3.63) is 32.9 Å². The van der Waals surface area contributed by atoms with Gasteiger partial charge >= 0.3 is 5.69 Å². The molecule has 1 aromatic carbocycles. The van der Waals surface area contributed by atoms with Crippen LogP contribution in [0, 0.1) is 5.82 Å². The van der Waals surface area contributed by atoms with E-state index in [4.69, 9.17) is 0 Å². The number of halogens is 2. The van der Waals surface area contributed by atoms with Crippen molar-refractivity contribution >= 4 is 38.0 Å². The summed E-state index contributed by atoms with van der Waals surface area (Å²) < 4.78 is 15.4. The number of fused-ring (bicyclic) bond motifs is 3. The van der Waals surface area contributed by atoms with Crippen LogP contribution >= 0.6 is 15.9 Å². The molecule has 5 nitrogen and oxygen atoms in total. The minimum Gasteiger partial charge on any atom is -0.289 e. The molecule has 0 aliphatic rings. The van der Waals surface area contributed by atoms with E-state index >= 15 is 0 Å². The highest BCUT2D eigenvalue weighted by Crippen LogP contribution is 2.27. The fourth-order valence-electron chi connectivity index (χ4n) is 2.17. The first-order valence-electron chi connectivity index (χ1n) is 5.74. The largest absolute Gasteiger partial charge is 0.327 e. The molecule has 0 radical (unpaired) electrons. The highest BCUT2D eigenvalue weighted by Gasteiger charge is 2.16. The average Bonchev–Trinajstić information content (AvgIpc) is 2.67. The van der Waals surface area contributed by atoms with Crippen molar-refractivity contribution in [1.82, 2.24) is 19.7 Å². The quantitative estimate of drug-likeness (QED) is 0.748. The third kappa shape index (κ3) is 1.76. The van der Waals surface area contributed by atoms with Crippen molar-refractivity contribution in [2.24, 2.45) is 0 Å². The van der Waals surface area contributed by atoms with Crippen LogP contribution in [0.25, 0.3) is 22.1 Å². The van der Waals surface area contributed by atoms with E-state index in [-0.39, 0.29) is 11.7 Å². The molecule has 0 bridgehead atoms. The van der Waals surface area contributed by atoms with E-state index in [0.29, 0.717) is 26.5 Å². The molecule has 0 saturated carbocycles. The monoisotopic (exact) mass is 324 g/mol. The fraction of sp³-hybridized carbons (Fsp3) is 0.250. The van der Waals surface area contributed by atoms with Crippen molar-refractivity contribution in [2.45, 2.75) is 19.9 Å². The van der Waals surface area contributed by atoms with Crippen molar-refractivity contribution < 1.29 is 4.39 Å². The standard InChI is InChI=1S/C12H10BrFN4O/c1-5(2)18-10-6-3-7(13)8(14)4-9(6)16-17-11(10)15-12(18)19/h3-5H,1-2H3,(H,15,17,19). The zero-order valence-corrected chi connectivity index (χ0v) is 11.8. The molecule has 98 valence electrons. The van der Waals surface area contributed by atoms with Gasteiger partial charge in [0.15, 0.2) is 5.65 Å². The highest BCUT2D eigenvalue weighted by molar-refractivity contribution is 9.10. The summed E-state index contributed by atoms with van der Waals surface area (Å²) >= 11 is 3.15. The van der Waals surface area contributed by atoms with Gasteiger partial charge in [-0.2, -0.15) is 0 Å². The maximum Gasteiger partial charge on any atom is 0.327 e. The summed E-state index contributed by atoms with van der Waals surface area (Å²) in [5.41, 5.74) is 1.23. The molecule has 0 fully saturated rings. The van der Waals surface area contributed by atoms with E-state index in [0.717, 1.165) is 0 Å². The predicted molar refractivity (Wildman–Crippen MR) is 73.7 cm³/mol. The lowest BCUT2D eigenvalue weighted by atomic mass is 10.2. The minimum atomic E-state index is -0.407. The molecule has 2 aromatic heterocycles. The van der Waals surface area contributed by atoms with Gasteiger partial charge in [-0.05, 0) is 35.8 Å². The lowest BCUT2D eigenvalue weighted by Crippen LogP contribution is -2.18. The third-order valence-corrected chi connectivity index (χ3v) is 3.58. The Labute approximate surface area is 115 Å². The van der Waals surface area contributed by atoms with Crippen LogP contribution in [0.1, 0.15) is 19.9 Å². The molecule has 0 atom stereocenters. The third-order valence-electron chi connectivity index (χ3n) is 2.98. The van der Waals surface area contributed by atoms with Crippen LogP contribution in [0.5, 0.6) is 0 Å². The van der Waals surface area contributed by atoms with Crippen LogP contribution in [0.3, 0.4) is 0 Å². The number of benzene rings is 1. The lowest BCUT2D eigenvalue weighted by Gasteiger charge is -2.08. The summed E-state index contributed by atoms with van der Waals surface area (Å²) in [6, 6.07) is 2.89. The first-order valence-corrected chi connectivity index (χ1v) is 6.54. The smallest absolute Gasteiger partial charge is 0.289 e. The number of aromatic amines is 1. The van der Waals surface area contributed by atoms with Gasteiger partial charge < -0.3 is 0 Å². The van der Waals surface area contributed by atoms with Crippen LogP contribution in [-0.4, -0.2) is 19.7 Å². The van der Waals surface area contributed by atoms with E-state index < -0.39 is 5.82 Å². The summed E-state index contributed by atoms with van der Waals surface area (Å²) in [5.74, 6) is -0.407. The number of hydrogen-bond acceptors (Lipinski definition) is 3. The second kappa shape index (κ2) is 4.12. The van der Waals surface area contributed by atoms with Gasteiger partial charge in [-0.3, -0.25) is 9.55 Å². The van der Waals surface area contributed by atoms with Crippen molar-refractivity contribution in [2.75, 3.05) is 0 Å². The number of hydrogen-bond donors (Lipinski definition) is 1. The van der Waals surface area contributed by atoms with Crippen LogP contribution < -0.4 is 5.69 Å². The van der Waals surface area contributed by atoms with Crippen molar-refractivity contribution in [1.29, 1.82) is 0 Å². The van der Waals surface area contributed by atoms with Crippen LogP contribution in [0.15, 0.2) is 21.4 Å². The van der Waals surface area contributed by atoms with Gasteiger partial charge in [0, 0.05) is 17.5 Å². The minimum absolute atomic E-state index is 0.0301. The van der Waals surface area contributed by atoms with Crippen LogP contribution in [-0.2, 0) is 0 Å². The Balaban J connectivity index is 2.58. The molecule has 0 unspecified atom stereocenters. The SMILES string of the molecule is CC(C)n1c(=O)[nH]c2nnc3cc(F)c(Br)cc3c21. The second-order valence-electron chi connectivity index (χ2n) is 4.57. The first-order chi connectivity index (χ1) is 8.99. The van der Waals surface area contributed by atoms with E-state index in [1.807, 2.05) is 13.8 Å². The van der Waals surface area contributed by atoms with E-state index in [9.17, 15) is 9.18 Å². The topological polar surface area (TPSA) is 63.6 Å². The Bertz CT molecular complexity index is 852. The lowest BCUT2D eigenvalue weighted by molar-refractivity contribution is 0.599. The molecular weight excluding hydrogens is 315 g/mol. The molecule has 0 saturated heterocycles. The summed E-state index contributed by atoms with van der Waals surface area (Å²) in [4.78, 5) is 14.6. The molecule has 2 heterocycles. The van der Waals surface area contributed by atoms with Gasteiger partial charge in [-0.15, -0.1) is 10.2 Å². The number of aromatic nitrogens is 4. The molecule has 1 N–H and O–H groups in total. The first kappa shape index (κ1) is 12.3. The average molecular weight is 325 g/mol. The summed E-state index contributed by atoms with van der Waals surface area (Å²) in [7, 11) is 0. The summed E-state index contributed by atoms with van der Waals surface area (Å²) in [6.45, 7) is 3.80. The normalized spacial score (nSPS) is 11.8. The summed E-state index contributed by atoms with van der Waals surface area (Å²) in [6.07, 6.45) is 0. The Kier molecular flexibility index (Phi) is 2.67. The molecule has 7 heteroatoms. The van der Waals surface area contributed by atoms with Crippen LogP contribution in [0.4, 0.5) is 4.39 Å². The van der Waals surface area contributed by atoms with Gasteiger partial charge in [0.2, 0.25) is 0 Å². The number of imidazole rings is 1. The zero-order chi connectivity index (χ0) is 13.7. The van der Waals surface area contributed by atoms with Gasteiger partial charge in [0.1, 0.15) is 11.3 Å². The Hall–Kier alpha value is -1.76. The summed E-state index contributed by atoms with van der Waals surface area (Å²) in [5, 5.41) is 8.55. The number of nitrogens with zero attached hydrogens (tertiary/aromatic N) is 3. The number of H-pyrrole nitrogens is 1. The molecule has 3 aromatic rings. The molecule has 0 aliphatic heterocycles. The Morgan fingerprint density at radius 2 is 2.11 bits per heavy atom. The van der Waals surface area contributed by atoms with E-state index in [1.165, 1.54) is 6.07 Å². The number of rotatable bonds is 1. The maximum absolute atomic E-state index is 13.5. The van der Waals surface area contributed by atoms with Crippen LogP contribution in [0.2, 0.25) is 0 Å². The molecule has 19 heavy (non-hydrogen) atoms. The van der Waals surface area contributed by atoms with Gasteiger partial charge in [-0.25, -0.2) is 9.18 Å². The molecule has 0 spiro atoms. The van der Waals surface area contributed by atoms with Gasteiger partial charge in [0.25, 0.3) is 0 Å². The van der Waals surface area contributed by atoms with E-state index in [2.05, 4.69) is 31.1 Å². The van der Waals surface area contributed by atoms with Crippen molar-refractivity contribution in [3.63, 3.8) is 0 Å². The highest BCUT2D eigenvalue weighted by atomic mass is 79.9. The fourth-order valence-corrected chi connectivity index (χ4v) is 2.51. The maximum atomic E-state index is 13.5. The zero-order valence-electron chi connectivity index (χ0n) is 10.2. The molecule has 0 aliphatic carbocycles. The Morgan fingerprint density at radius 3 is 2.79 bits per heavy atom. The van der Waals surface area contributed by atoms with Gasteiger partial charge in [-0.1, -0.05) is 0 Å². The van der Waals surface area contributed by atoms with E-state index in [1.54, 1.807) is 10.6 Å². The Morgan fingerprint density at radius 1 is 1.37 bits per heavy atom. The van der Waals surface area contributed by atoms with Gasteiger partial charge in [0.05, 0.1) is 9.99 Å². The molecule has 3 rings (SSSR count). The molecular formula is C12H10BrFN4O. The second-order valence-corrected chi connectivity index (χ2v) is 5.43. The predicted octanol–water partition coefficient (Wildman–Crippen LogP) is 2.76. The number of nitrogens with one attached hydrogen (secondary N) is 1.